The van der Waals surface area contributed by atoms with Crippen molar-refractivity contribution in [3.63, 3.8) is 0 Å². The van der Waals surface area contributed by atoms with Crippen LogP contribution in [-0.4, -0.2) is 16.1 Å². The molecule has 0 radical (unpaired) electrons. The van der Waals surface area contributed by atoms with E-state index in [-0.39, 0.29) is 11.2 Å². The Morgan fingerprint density at radius 1 is 1.45 bits per heavy atom. The third-order valence-electron chi connectivity index (χ3n) is 2.77. The van der Waals surface area contributed by atoms with Crippen LogP contribution in [0, 0.1) is 13.8 Å². The molecule has 3 nitrogen and oxygen atoms in total. The molecule has 20 heavy (non-hydrogen) atoms. The monoisotopic (exact) mass is 326 g/mol. The van der Waals surface area contributed by atoms with E-state index < -0.39 is 0 Å². The van der Waals surface area contributed by atoms with E-state index in [0.29, 0.717) is 5.02 Å². The Morgan fingerprint density at radius 2 is 2.20 bits per heavy atom. The molecule has 1 aromatic carbocycles. The van der Waals surface area contributed by atoms with E-state index in [0.717, 1.165) is 21.3 Å². The highest BCUT2D eigenvalue weighted by Gasteiger charge is 2.17. The summed E-state index contributed by atoms with van der Waals surface area (Å²) in [6.45, 7) is 5.71. The maximum atomic E-state index is 12.2. The second kappa shape index (κ2) is 6.61. The number of rotatable bonds is 4. The molecule has 0 fully saturated rings. The summed E-state index contributed by atoms with van der Waals surface area (Å²) in [5.41, 5.74) is 2.62. The van der Waals surface area contributed by atoms with Gasteiger partial charge in [0.15, 0.2) is 4.34 Å². The van der Waals surface area contributed by atoms with Crippen molar-refractivity contribution in [3.05, 3.63) is 39.9 Å². The summed E-state index contributed by atoms with van der Waals surface area (Å²) < 4.78 is 0.910. The fraction of sp³-hybridized carbons (Fsp3) is 0.286. The molecule has 1 heterocycles. The number of amides is 1. The highest BCUT2D eigenvalue weighted by atomic mass is 35.5. The molecule has 0 aliphatic carbocycles. The lowest BCUT2D eigenvalue weighted by Gasteiger charge is -2.13. The minimum atomic E-state index is -0.209. The predicted octanol–water partition coefficient (Wildman–Crippen LogP) is 4.53. The first-order valence-corrected chi connectivity index (χ1v) is 8.26. The van der Waals surface area contributed by atoms with E-state index in [1.807, 2.05) is 44.4 Å². The van der Waals surface area contributed by atoms with Gasteiger partial charge in [-0.3, -0.25) is 4.79 Å². The molecule has 2 rings (SSSR count). The molecule has 1 amide bonds. The van der Waals surface area contributed by atoms with Crippen LogP contribution in [0.1, 0.15) is 18.2 Å². The predicted molar refractivity (Wildman–Crippen MR) is 87.0 cm³/mol. The van der Waals surface area contributed by atoms with Gasteiger partial charge in [-0.05, 0) is 38.5 Å². The zero-order chi connectivity index (χ0) is 14.7. The van der Waals surface area contributed by atoms with E-state index >= 15 is 0 Å². The Labute approximate surface area is 131 Å². The van der Waals surface area contributed by atoms with Crippen molar-refractivity contribution in [2.45, 2.75) is 30.4 Å². The molecule has 0 bridgehead atoms. The van der Waals surface area contributed by atoms with E-state index in [1.54, 1.807) is 11.3 Å². The molecule has 0 aliphatic heterocycles. The SMILES string of the molecule is Cc1csc(SC(C)C(=O)Nc2cccc(Cl)c2C)n1. The summed E-state index contributed by atoms with van der Waals surface area (Å²) in [6, 6.07) is 5.49. The van der Waals surface area contributed by atoms with E-state index in [2.05, 4.69) is 10.3 Å². The molecule has 0 aliphatic rings. The number of nitrogens with one attached hydrogen (secondary N) is 1. The molecule has 106 valence electrons. The number of anilines is 1. The van der Waals surface area contributed by atoms with Gasteiger partial charge in [0.05, 0.1) is 5.25 Å². The third-order valence-corrected chi connectivity index (χ3v) is 5.37. The fourth-order valence-corrected chi connectivity index (χ4v) is 3.73. The molecule has 0 spiro atoms. The molecule has 1 aromatic heterocycles. The molecule has 0 saturated carbocycles. The van der Waals surface area contributed by atoms with E-state index in [9.17, 15) is 4.79 Å². The number of hydrogen-bond donors (Lipinski definition) is 1. The normalized spacial score (nSPS) is 12.2. The Balaban J connectivity index is 2.02. The molecular weight excluding hydrogens is 312 g/mol. The van der Waals surface area contributed by atoms with Gasteiger partial charge in [0.25, 0.3) is 0 Å². The number of aromatic nitrogens is 1. The highest BCUT2D eigenvalue weighted by Crippen LogP contribution is 2.28. The lowest BCUT2D eigenvalue weighted by Crippen LogP contribution is -2.22. The van der Waals surface area contributed by atoms with Crippen LogP contribution in [0.4, 0.5) is 5.69 Å². The Morgan fingerprint density at radius 3 is 2.85 bits per heavy atom. The fourth-order valence-electron chi connectivity index (χ4n) is 1.57. The van der Waals surface area contributed by atoms with Gasteiger partial charge in [0, 0.05) is 21.8 Å². The number of aryl methyl sites for hydroxylation is 1. The van der Waals surface area contributed by atoms with Crippen LogP contribution < -0.4 is 5.32 Å². The van der Waals surface area contributed by atoms with Crippen molar-refractivity contribution in [1.82, 2.24) is 4.98 Å². The maximum Gasteiger partial charge on any atom is 0.237 e. The van der Waals surface area contributed by atoms with Crippen LogP contribution in [-0.2, 0) is 4.79 Å². The number of hydrogen-bond acceptors (Lipinski definition) is 4. The number of nitrogens with zero attached hydrogens (tertiary/aromatic N) is 1. The smallest absolute Gasteiger partial charge is 0.237 e. The Kier molecular flexibility index (Phi) is 5.07. The molecule has 2 aromatic rings. The summed E-state index contributed by atoms with van der Waals surface area (Å²) in [6.07, 6.45) is 0. The standard InChI is InChI=1S/C14H15ClN2OS2/c1-8-7-19-14(16-8)20-10(3)13(18)17-12-6-4-5-11(15)9(12)2/h4-7,10H,1-3H3,(H,17,18). The lowest BCUT2D eigenvalue weighted by molar-refractivity contribution is -0.115. The van der Waals surface area contributed by atoms with Crippen molar-refractivity contribution >= 4 is 46.3 Å². The molecule has 1 N–H and O–H groups in total. The Hall–Kier alpha value is -1.04. The highest BCUT2D eigenvalue weighted by molar-refractivity contribution is 8.02. The first kappa shape index (κ1) is 15.4. The Bertz CT molecular complexity index is 627. The van der Waals surface area contributed by atoms with Crippen molar-refractivity contribution in [2.24, 2.45) is 0 Å². The van der Waals surface area contributed by atoms with Crippen LogP contribution in [0.3, 0.4) is 0 Å². The van der Waals surface area contributed by atoms with Crippen molar-refractivity contribution in [3.8, 4) is 0 Å². The largest absolute Gasteiger partial charge is 0.325 e. The first-order chi connectivity index (χ1) is 9.47. The summed E-state index contributed by atoms with van der Waals surface area (Å²) in [4.78, 5) is 16.5. The van der Waals surface area contributed by atoms with Crippen LogP contribution >= 0.6 is 34.7 Å². The second-order valence-electron chi connectivity index (χ2n) is 4.42. The molecule has 6 heteroatoms. The molecule has 1 unspecified atom stereocenters. The number of thioether (sulfide) groups is 1. The zero-order valence-electron chi connectivity index (χ0n) is 11.4. The van der Waals surface area contributed by atoms with Gasteiger partial charge in [-0.1, -0.05) is 29.4 Å². The molecule has 0 saturated heterocycles. The van der Waals surface area contributed by atoms with Gasteiger partial charge in [0.2, 0.25) is 5.91 Å². The summed E-state index contributed by atoms with van der Waals surface area (Å²) >= 11 is 9.07. The van der Waals surface area contributed by atoms with Crippen molar-refractivity contribution in [1.29, 1.82) is 0 Å². The zero-order valence-corrected chi connectivity index (χ0v) is 13.8. The lowest BCUT2D eigenvalue weighted by atomic mass is 10.2. The molecule has 1 atom stereocenters. The van der Waals surface area contributed by atoms with Gasteiger partial charge < -0.3 is 5.32 Å². The minimum Gasteiger partial charge on any atom is -0.325 e. The number of halogens is 1. The second-order valence-corrected chi connectivity index (χ2v) is 7.27. The number of carbonyl (C=O) groups is 1. The van der Waals surface area contributed by atoms with Gasteiger partial charge in [-0.25, -0.2) is 4.98 Å². The average Bonchev–Trinajstić information content (AvgIpc) is 2.80. The third kappa shape index (κ3) is 3.75. The summed E-state index contributed by atoms with van der Waals surface area (Å²) in [5.74, 6) is -0.0479. The van der Waals surface area contributed by atoms with Gasteiger partial charge in [-0.2, -0.15) is 0 Å². The number of benzene rings is 1. The van der Waals surface area contributed by atoms with E-state index in [4.69, 9.17) is 11.6 Å². The van der Waals surface area contributed by atoms with Crippen molar-refractivity contribution in [2.75, 3.05) is 5.32 Å². The van der Waals surface area contributed by atoms with Crippen molar-refractivity contribution < 1.29 is 4.79 Å². The average molecular weight is 327 g/mol. The van der Waals surface area contributed by atoms with Gasteiger partial charge >= 0.3 is 0 Å². The van der Waals surface area contributed by atoms with Crippen LogP contribution in [0.2, 0.25) is 5.02 Å². The number of carbonyl (C=O) groups excluding carboxylic acids is 1. The topological polar surface area (TPSA) is 42.0 Å². The first-order valence-electron chi connectivity index (χ1n) is 6.12. The van der Waals surface area contributed by atoms with Crippen LogP contribution in [0.5, 0.6) is 0 Å². The maximum absolute atomic E-state index is 12.2. The minimum absolute atomic E-state index is 0.0479. The summed E-state index contributed by atoms with van der Waals surface area (Å²) in [5, 5.41) is 5.33. The van der Waals surface area contributed by atoms with Gasteiger partial charge in [-0.15, -0.1) is 11.3 Å². The van der Waals surface area contributed by atoms with E-state index in [1.165, 1.54) is 11.8 Å². The quantitative estimate of drug-likeness (QED) is 0.839. The van der Waals surface area contributed by atoms with Crippen LogP contribution in [0.15, 0.2) is 27.9 Å². The van der Waals surface area contributed by atoms with Crippen LogP contribution in [0.25, 0.3) is 0 Å². The number of thiazole rings is 1. The summed E-state index contributed by atoms with van der Waals surface area (Å²) in [7, 11) is 0. The van der Waals surface area contributed by atoms with Gasteiger partial charge in [0.1, 0.15) is 0 Å². The molecular formula is C14H15ClN2OS2.